The topological polar surface area (TPSA) is 99.0 Å². The summed E-state index contributed by atoms with van der Waals surface area (Å²) in [6.45, 7) is 1.33. The minimum Gasteiger partial charge on any atom is -0.485 e. The van der Waals surface area contributed by atoms with Crippen LogP contribution in [0.5, 0.6) is 5.75 Å². The highest BCUT2D eigenvalue weighted by molar-refractivity contribution is 5.98. The molecule has 0 saturated carbocycles. The van der Waals surface area contributed by atoms with Crippen LogP contribution in [0.25, 0.3) is 5.69 Å². The van der Waals surface area contributed by atoms with Gasteiger partial charge in [0.25, 0.3) is 0 Å². The molecule has 1 heterocycles. The summed E-state index contributed by atoms with van der Waals surface area (Å²) < 4.78 is 7.05. The first-order valence-electron chi connectivity index (χ1n) is 7.49. The second kappa shape index (κ2) is 7.35. The summed E-state index contributed by atoms with van der Waals surface area (Å²) in [5.41, 5.74) is 1.87. The van der Waals surface area contributed by atoms with Crippen molar-refractivity contribution in [3.8, 4) is 11.4 Å². The molecular weight excluding hydrogens is 322 g/mol. The lowest BCUT2D eigenvalue weighted by Crippen LogP contribution is -2.12. The molecule has 0 unspecified atom stereocenters. The molecule has 0 aliphatic carbocycles. The summed E-state index contributed by atoms with van der Waals surface area (Å²) >= 11 is 0. The van der Waals surface area contributed by atoms with Crippen LogP contribution in [0, 0.1) is 0 Å². The number of ketones is 1. The average molecular weight is 337 g/mol. The number of aromatic nitrogens is 4. The second-order valence-corrected chi connectivity index (χ2v) is 5.22. The molecule has 0 radical (unpaired) electrons. The number of ether oxygens (including phenoxy) is 1. The van der Waals surface area contributed by atoms with E-state index >= 15 is 0 Å². The Morgan fingerprint density at radius 2 is 1.96 bits per heavy atom. The van der Waals surface area contributed by atoms with Gasteiger partial charge in [0.05, 0.1) is 5.69 Å². The molecule has 1 N–H and O–H groups in total. The standard InChI is InChI=1S/C17H15N5O3/c1-12(23)19-14-7-5-13(6-8-14)17(24)10-25-16-4-2-3-15(9-16)22-11-18-20-21-22/h2-9,11H,10H2,1H3,(H,19,23). The number of hydrogen-bond donors (Lipinski definition) is 1. The van der Waals surface area contributed by atoms with Crippen LogP contribution in [0.1, 0.15) is 17.3 Å². The first-order valence-corrected chi connectivity index (χ1v) is 7.49. The third-order valence-electron chi connectivity index (χ3n) is 3.33. The number of tetrazole rings is 1. The van der Waals surface area contributed by atoms with E-state index in [2.05, 4.69) is 20.8 Å². The molecular formula is C17H15N5O3. The molecule has 3 aromatic rings. The summed E-state index contributed by atoms with van der Waals surface area (Å²) in [4.78, 5) is 23.2. The zero-order valence-corrected chi connectivity index (χ0v) is 13.4. The Kier molecular flexibility index (Phi) is 4.79. The maximum atomic E-state index is 12.2. The number of carbonyl (C=O) groups excluding carboxylic acids is 2. The van der Waals surface area contributed by atoms with Crippen molar-refractivity contribution in [2.24, 2.45) is 0 Å². The van der Waals surface area contributed by atoms with Crippen LogP contribution in [0.3, 0.4) is 0 Å². The smallest absolute Gasteiger partial charge is 0.221 e. The second-order valence-electron chi connectivity index (χ2n) is 5.22. The lowest BCUT2D eigenvalue weighted by atomic mass is 10.1. The highest BCUT2D eigenvalue weighted by Crippen LogP contribution is 2.16. The van der Waals surface area contributed by atoms with E-state index in [0.29, 0.717) is 17.0 Å². The highest BCUT2D eigenvalue weighted by Gasteiger charge is 2.08. The molecule has 0 aliphatic rings. The molecule has 3 rings (SSSR count). The third kappa shape index (κ3) is 4.25. The number of nitrogens with zero attached hydrogens (tertiary/aromatic N) is 4. The zero-order chi connectivity index (χ0) is 17.6. The first-order chi connectivity index (χ1) is 12.1. The maximum absolute atomic E-state index is 12.2. The molecule has 0 fully saturated rings. The average Bonchev–Trinajstić information content (AvgIpc) is 3.15. The fraction of sp³-hybridized carbons (Fsp3) is 0.118. The largest absolute Gasteiger partial charge is 0.485 e. The zero-order valence-electron chi connectivity index (χ0n) is 13.4. The van der Waals surface area contributed by atoms with Crippen molar-refractivity contribution in [2.75, 3.05) is 11.9 Å². The highest BCUT2D eigenvalue weighted by atomic mass is 16.5. The molecule has 0 saturated heterocycles. The Balaban J connectivity index is 1.62. The van der Waals surface area contributed by atoms with Gasteiger partial charge in [-0.2, -0.15) is 0 Å². The van der Waals surface area contributed by atoms with Crippen molar-refractivity contribution in [3.63, 3.8) is 0 Å². The Morgan fingerprint density at radius 1 is 1.16 bits per heavy atom. The molecule has 126 valence electrons. The molecule has 0 atom stereocenters. The van der Waals surface area contributed by atoms with Gasteiger partial charge in [0.15, 0.2) is 12.4 Å². The number of carbonyl (C=O) groups is 2. The van der Waals surface area contributed by atoms with E-state index in [4.69, 9.17) is 4.74 Å². The summed E-state index contributed by atoms with van der Waals surface area (Å²) in [6, 6.07) is 13.7. The molecule has 8 nitrogen and oxygen atoms in total. The molecule has 1 amide bonds. The normalized spacial score (nSPS) is 10.3. The Bertz CT molecular complexity index is 876. The van der Waals surface area contributed by atoms with Crippen LogP contribution in [0.4, 0.5) is 5.69 Å². The predicted molar refractivity (Wildman–Crippen MR) is 89.7 cm³/mol. The minimum absolute atomic E-state index is 0.0987. The lowest BCUT2D eigenvalue weighted by Gasteiger charge is -2.08. The maximum Gasteiger partial charge on any atom is 0.221 e. The molecule has 0 aliphatic heterocycles. The van der Waals surface area contributed by atoms with Crippen molar-refractivity contribution in [2.45, 2.75) is 6.92 Å². The van der Waals surface area contributed by atoms with Crippen molar-refractivity contribution in [3.05, 3.63) is 60.4 Å². The number of amides is 1. The summed E-state index contributed by atoms with van der Waals surface area (Å²) in [5, 5.41) is 13.6. The van der Waals surface area contributed by atoms with E-state index in [-0.39, 0.29) is 18.3 Å². The van der Waals surface area contributed by atoms with E-state index < -0.39 is 0 Å². The summed E-state index contributed by atoms with van der Waals surface area (Å²) in [5.74, 6) is 0.211. The van der Waals surface area contributed by atoms with Crippen molar-refractivity contribution >= 4 is 17.4 Å². The molecule has 0 spiro atoms. The van der Waals surface area contributed by atoms with Crippen LogP contribution in [0.2, 0.25) is 0 Å². The molecule has 8 heteroatoms. The lowest BCUT2D eigenvalue weighted by molar-refractivity contribution is -0.114. The van der Waals surface area contributed by atoms with Gasteiger partial charge in [-0.25, -0.2) is 4.68 Å². The molecule has 2 aromatic carbocycles. The van der Waals surface area contributed by atoms with Gasteiger partial charge in [-0.05, 0) is 46.8 Å². The van der Waals surface area contributed by atoms with Crippen LogP contribution in [-0.2, 0) is 4.79 Å². The predicted octanol–water partition coefficient (Wildman–Crippen LogP) is 1.88. The van der Waals surface area contributed by atoms with Crippen LogP contribution in [0.15, 0.2) is 54.9 Å². The third-order valence-corrected chi connectivity index (χ3v) is 3.33. The number of benzene rings is 2. The van der Waals surface area contributed by atoms with Crippen molar-refractivity contribution in [1.82, 2.24) is 20.2 Å². The van der Waals surface area contributed by atoms with E-state index in [1.54, 1.807) is 42.5 Å². The van der Waals surface area contributed by atoms with E-state index in [1.165, 1.54) is 17.9 Å². The number of anilines is 1. The Hall–Kier alpha value is -3.55. The Morgan fingerprint density at radius 3 is 2.64 bits per heavy atom. The quantitative estimate of drug-likeness (QED) is 0.690. The van der Waals surface area contributed by atoms with Gasteiger partial charge >= 0.3 is 0 Å². The fourth-order valence-electron chi connectivity index (χ4n) is 2.17. The van der Waals surface area contributed by atoms with E-state index in [0.717, 1.165) is 5.69 Å². The number of Topliss-reactive ketones (excluding diaryl/α,β-unsaturated/α-hetero) is 1. The minimum atomic E-state index is -0.165. The number of nitrogens with one attached hydrogen (secondary N) is 1. The molecule has 1 aromatic heterocycles. The van der Waals surface area contributed by atoms with Crippen molar-refractivity contribution < 1.29 is 14.3 Å². The van der Waals surface area contributed by atoms with Gasteiger partial charge in [0.2, 0.25) is 5.91 Å². The van der Waals surface area contributed by atoms with Crippen molar-refractivity contribution in [1.29, 1.82) is 0 Å². The van der Waals surface area contributed by atoms with Crippen LogP contribution in [-0.4, -0.2) is 38.5 Å². The van der Waals surface area contributed by atoms with Gasteiger partial charge in [-0.15, -0.1) is 5.10 Å². The van der Waals surface area contributed by atoms with E-state index in [1.807, 2.05) is 6.07 Å². The number of rotatable bonds is 6. The molecule has 25 heavy (non-hydrogen) atoms. The van der Waals surface area contributed by atoms with Crippen LogP contribution >= 0.6 is 0 Å². The van der Waals surface area contributed by atoms with Gasteiger partial charge in [0, 0.05) is 24.2 Å². The monoisotopic (exact) mass is 337 g/mol. The van der Waals surface area contributed by atoms with Gasteiger partial charge < -0.3 is 10.1 Å². The van der Waals surface area contributed by atoms with Crippen LogP contribution < -0.4 is 10.1 Å². The van der Waals surface area contributed by atoms with Gasteiger partial charge in [-0.3, -0.25) is 9.59 Å². The summed E-state index contributed by atoms with van der Waals surface area (Å²) in [6.07, 6.45) is 1.47. The SMILES string of the molecule is CC(=O)Nc1ccc(C(=O)COc2cccc(-n3cnnn3)c2)cc1. The van der Waals surface area contributed by atoms with Gasteiger partial charge in [-0.1, -0.05) is 6.07 Å². The fourth-order valence-corrected chi connectivity index (χ4v) is 2.17. The van der Waals surface area contributed by atoms with E-state index in [9.17, 15) is 9.59 Å². The first kappa shape index (κ1) is 16.3. The van der Waals surface area contributed by atoms with Gasteiger partial charge in [0.1, 0.15) is 12.1 Å². The molecule has 0 bridgehead atoms. The summed E-state index contributed by atoms with van der Waals surface area (Å²) in [7, 11) is 0. The number of hydrogen-bond acceptors (Lipinski definition) is 6. The Labute approximate surface area is 143 Å².